The lowest BCUT2D eigenvalue weighted by Gasteiger charge is -2.19. The summed E-state index contributed by atoms with van der Waals surface area (Å²) in [5.41, 5.74) is 0.725. The highest BCUT2D eigenvalue weighted by atomic mass is 79.9. The van der Waals surface area contributed by atoms with Crippen LogP contribution in [0.3, 0.4) is 0 Å². The Morgan fingerprint density at radius 1 is 1.27 bits per heavy atom. The lowest BCUT2D eigenvalue weighted by Crippen LogP contribution is -2.32. The van der Waals surface area contributed by atoms with E-state index in [1.807, 2.05) is 12.1 Å². The summed E-state index contributed by atoms with van der Waals surface area (Å²) in [4.78, 5) is 14.2. The Kier molecular flexibility index (Phi) is 4.88. The van der Waals surface area contributed by atoms with Crippen molar-refractivity contribution in [3.8, 4) is 0 Å². The summed E-state index contributed by atoms with van der Waals surface area (Å²) < 4.78 is 19.8. The van der Waals surface area contributed by atoms with Crippen LogP contribution >= 0.6 is 27.7 Å². The fraction of sp³-hybridized carbons (Fsp3) is 0.312. The third-order valence-electron chi connectivity index (χ3n) is 3.66. The zero-order valence-electron chi connectivity index (χ0n) is 11.8. The van der Waals surface area contributed by atoms with E-state index >= 15 is 0 Å². The Balaban J connectivity index is 1.70. The second kappa shape index (κ2) is 6.87. The molecule has 1 saturated heterocycles. The quantitative estimate of drug-likeness (QED) is 0.765. The molecule has 0 unspecified atom stereocenters. The number of hydrogen-bond acceptors (Lipinski definition) is 3. The summed E-state index contributed by atoms with van der Waals surface area (Å²) >= 11 is 4.90. The van der Waals surface area contributed by atoms with Crippen molar-refractivity contribution in [2.24, 2.45) is 0 Å². The molecule has 1 atom stereocenters. The number of furan rings is 1. The number of nitrogens with zero attached hydrogens (tertiary/aromatic N) is 1. The van der Waals surface area contributed by atoms with Crippen molar-refractivity contribution < 1.29 is 13.6 Å². The van der Waals surface area contributed by atoms with Crippen molar-refractivity contribution in [2.75, 3.05) is 18.8 Å². The predicted molar refractivity (Wildman–Crippen MR) is 88.5 cm³/mol. The minimum Gasteiger partial charge on any atom is -0.444 e. The third-order valence-corrected chi connectivity index (χ3v) is 5.40. The Bertz CT molecular complexity index is 676. The van der Waals surface area contributed by atoms with Gasteiger partial charge in [0.1, 0.15) is 5.82 Å². The van der Waals surface area contributed by atoms with Gasteiger partial charge >= 0.3 is 0 Å². The maximum Gasteiger partial charge on any atom is 0.289 e. The van der Waals surface area contributed by atoms with E-state index in [-0.39, 0.29) is 17.0 Å². The van der Waals surface area contributed by atoms with Gasteiger partial charge in [-0.05, 0) is 40.5 Å². The topological polar surface area (TPSA) is 33.5 Å². The van der Waals surface area contributed by atoms with Crippen LogP contribution in [0.1, 0.15) is 27.8 Å². The Hall–Kier alpha value is -1.27. The maximum absolute atomic E-state index is 13.9. The summed E-state index contributed by atoms with van der Waals surface area (Å²) in [6, 6.07) is 10.2. The molecule has 116 valence electrons. The summed E-state index contributed by atoms with van der Waals surface area (Å²) in [5, 5.41) is 0.0855. The third kappa shape index (κ3) is 3.38. The molecule has 22 heavy (non-hydrogen) atoms. The fourth-order valence-corrected chi connectivity index (χ4v) is 4.10. The Morgan fingerprint density at radius 3 is 2.82 bits per heavy atom. The summed E-state index contributed by atoms with van der Waals surface area (Å²) in [5.74, 6) is 0.837. The number of thioether (sulfide) groups is 1. The van der Waals surface area contributed by atoms with Crippen LogP contribution in [-0.4, -0.2) is 29.6 Å². The molecule has 2 heterocycles. The number of carbonyl (C=O) groups is 1. The van der Waals surface area contributed by atoms with Gasteiger partial charge in [-0.25, -0.2) is 4.39 Å². The van der Waals surface area contributed by atoms with Crippen molar-refractivity contribution >= 4 is 33.6 Å². The van der Waals surface area contributed by atoms with Crippen molar-refractivity contribution in [1.29, 1.82) is 0 Å². The lowest BCUT2D eigenvalue weighted by atomic mass is 10.1. The average molecular weight is 384 g/mol. The van der Waals surface area contributed by atoms with Gasteiger partial charge in [0.05, 0.1) is 0 Å². The van der Waals surface area contributed by atoms with Gasteiger partial charge in [-0.3, -0.25) is 4.79 Å². The highest BCUT2D eigenvalue weighted by Gasteiger charge is 2.25. The smallest absolute Gasteiger partial charge is 0.289 e. The van der Waals surface area contributed by atoms with Crippen molar-refractivity contribution in [3.63, 3.8) is 0 Å². The lowest BCUT2D eigenvalue weighted by molar-refractivity contribution is 0.0733. The number of carbonyl (C=O) groups excluding carboxylic acids is 1. The van der Waals surface area contributed by atoms with E-state index in [1.165, 1.54) is 6.07 Å². The molecule has 0 radical (unpaired) electrons. The molecule has 1 aliphatic heterocycles. The monoisotopic (exact) mass is 383 g/mol. The molecular weight excluding hydrogens is 369 g/mol. The largest absolute Gasteiger partial charge is 0.444 e. The van der Waals surface area contributed by atoms with Crippen LogP contribution in [-0.2, 0) is 0 Å². The number of benzene rings is 1. The SMILES string of the molecule is O=C(c1ccc(Br)o1)N1CCS[C@@H](c2ccccc2F)CC1. The first kappa shape index (κ1) is 15.6. The van der Waals surface area contributed by atoms with Crippen LogP contribution in [0.4, 0.5) is 4.39 Å². The highest BCUT2D eigenvalue weighted by Crippen LogP contribution is 2.35. The number of rotatable bonds is 2. The van der Waals surface area contributed by atoms with E-state index in [9.17, 15) is 9.18 Å². The van der Waals surface area contributed by atoms with Crippen LogP contribution < -0.4 is 0 Å². The maximum atomic E-state index is 13.9. The molecule has 2 aromatic rings. The molecule has 1 fully saturated rings. The molecule has 1 aliphatic rings. The van der Waals surface area contributed by atoms with E-state index < -0.39 is 0 Å². The second-order valence-corrected chi connectivity index (χ2v) is 7.16. The van der Waals surface area contributed by atoms with E-state index in [1.54, 1.807) is 34.9 Å². The minimum absolute atomic E-state index is 0.0855. The second-order valence-electron chi connectivity index (χ2n) is 5.07. The zero-order chi connectivity index (χ0) is 15.5. The first-order valence-corrected chi connectivity index (χ1v) is 8.90. The van der Waals surface area contributed by atoms with Gasteiger partial charge in [-0.15, -0.1) is 0 Å². The van der Waals surface area contributed by atoms with Crippen LogP contribution in [0.15, 0.2) is 45.5 Å². The van der Waals surface area contributed by atoms with Crippen LogP contribution in [0.2, 0.25) is 0 Å². The van der Waals surface area contributed by atoms with E-state index in [2.05, 4.69) is 15.9 Å². The van der Waals surface area contributed by atoms with Gasteiger partial charge in [0.15, 0.2) is 10.4 Å². The highest BCUT2D eigenvalue weighted by molar-refractivity contribution is 9.10. The fourth-order valence-electron chi connectivity index (χ4n) is 2.54. The normalized spacial score (nSPS) is 19.0. The number of hydrogen-bond donors (Lipinski definition) is 0. The van der Waals surface area contributed by atoms with Crippen molar-refractivity contribution in [2.45, 2.75) is 11.7 Å². The van der Waals surface area contributed by atoms with E-state index in [4.69, 9.17) is 4.42 Å². The number of amides is 1. The van der Waals surface area contributed by atoms with Crippen LogP contribution in [0, 0.1) is 5.82 Å². The van der Waals surface area contributed by atoms with E-state index in [0.29, 0.717) is 23.5 Å². The first-order valence-electron chi connectivity index (χ1n) is 7.06. The van der Waals surface area contributed by atoms with Crippen molar-refractivity contribution in [3.05, 3.63) is 58.2 Å². The van der Waals surface area contributed by atoms with Gasteiger partial charge in [-0.1, -0.05) is 18.2 Å². The van der Waals surface area contributed by atoms with Crippen molar-refractivity contribution in [1.82, 2.24) is 4.90 Å². The summed E-state index contributed by atoms with van der Waals surface area (Å²) in [6.07, 6.45) is 0.735. The molecule has 6 heteroatoms. The number of halogens is 2. The molecule has 3 nitrogen and oxygen atoms in total. The molecular formula is C16H15BrFNO2S. The molecule has 3 rings (SSSR count). The molecule has 0 bridgehead atoms. The standard InChI is InChI=1S/C16H15BrFNO2S/c17-15-6-5-13(21-15)16(20)19-8-7-14(22-10-9-19)11-3-1-2-4-12(11)18/h1-6,14H,7-10H2/t14-/m1/s1. The molecule has 0 aliphatic carbocycles. The van der Waals surface area contributed by atoms with Crippen LogP contribution in [0.5, 0.6) is 0 Å². The van der Waals surface area contributed by atoms with Gasteiger partial charge < -0.3 is 9.32 Å². The van der Waals surface area contributed by atoms with E-state index in [0.717, 1.165) is 17.7 Å². The zero-order valence-corrected chi connectivity index (χ0v) is 14.2. The van der Waals surface area contributed by atoms with Gasteiger partial charge in [-0.2, -0.15) is 11.8 Å². The Morgan fingerprint density at radius 2 is 2.09 bits per heavy atom. The van der Waals surface area contributed by atoms with Gasteiger partial charge in [0.2, 0.25) is 0 Å². The molecule has 0 spiro atoms. The Labute approximate surface area is 141 Å². The first-order chi connectivity index (χ1) is 10.6. The predicted octanol–water partition coefficient (Wildman–Crippen LogP) is 4.50. The van der Waals surface area contributed by atoms with Gasteiger partial charge in [0.25, 0.3) is 5.91 Å². The molecule has 1 aromatic carbocycles. The molecule has 0 N–H and O–H groups in total. The molecule has 0 saturated carbocycles. The average Bonchev–Trinajstić information content (AvgIpc) is 2.81. The minimum atomic E-state index is -0.172. The summed E-state index contributed by atoms with van der Waals surface area (Å²) in [7, 11) is 0. The van der Waals surface area contributed by atoms with Gasteiger partial charge in [0, 0.05) is 29.7 Å². The molecule has 1 amide bonds. The summed E-state index contributed by atoms with van der Waals surface area (Å²) in [6.45, 7) is 1.25. The van der Waals surface area contributed by atoms with Crippen LogP contribution in [0.25, 0.3) is 0 Å². The molecule has 1 aromatic heterocycles.